The highest BCUT2D eigenvalue weighted by molar-refractivity contribution is 7.80. The van der Waals surface area contributed by atoms with E-state index in [1.807, 2.05) is 35.2 Å². The van der Waals surface area contributed by atoms with Gasteiger partial charge in [0, 0.05) is 16.8 Å². The SMILES string of the molecule is O=C(O)c1cc(OCC2CN(c3ccccc3)C(=S)O2)c2c(Cl)cc(Cl)cc2n1. The monoisotopic (exact) mass is 448 g/mol. The molecular weight excluding hydrogens is 435 g/mol. The molecule has 1 aliphatic heterocycles. The molecule has 1 fully saturated rings. The maximum Gasteiger partial charge on any atom is 0.354 e. The van der Waals surface area contributed by atoms with Crippen LogP contribution in [-0.4, -0.2) is 40.5 Å². The lowest BCUT2D eigenvalue weighted by molar-refractivity contribution is 0.0690. The number of pyridine rings is 1. The van der Waals surface area contributed by atoms with Crippen molar-refractivity contribution in [3.63, 3.8) is 0 Å². The highest BCUT2D eigenvalue weighted by atomic mass is 35.5. The van der Waals surface area contributed by atoms with Crippen molar-refractivity contribution in [2.24, 2.45) is 0 Å². The molecule has 29 heavy (non-hydrogen) atoms. The van der Waals surface area contributed by atoms with Gasteiger partial charge in [-0.3, -0.25) is 4.90 Å². The Bertz CT molecular complexity index is 1110. The zero-order chi connectivity index (χ0) is 20.5. The van der Waals surface area contributed by atoms with Crippen LogP contribution in [-0.2, 0) is 4.74 Å². The minimum atomic E-state index is -1.18. The van der Waals surface area contributed by atoms with Gasteiger partial charge in [0.25, 0.3) is 5.17 Å². The summed E-state index contributed by atoms with van der Waals surface area (Å²) in [5.74, 6) is -0.886. The van der Waals surface area contributed by atoms with Gasteiger partial charge in [-0.15, -0.1) is 0 Å². The molecule has 0 radical (unpaired) electrons. The van der Waals surface area contributed by atoms with E-state index in [1.54, 1.807) is 12.1 Å². The van der Waals surface area contributed by atoms with E-state index in [2.05, 4.69) is 4.98 Å². The number of anilines is 1. The molecule has 0 bridgehead atoms. The van der Waals surface area contributed by atoms with E-state index in [0.717, 1.165) is 5.69 Å². The normalized spacial score (nSPS) is 16.1. The minimum absolute atomic E-state index is 0.153. The average Bonchev–Trinajstić information content (AvgIpc) is 3.06. The third-order valence-corrected chi connectivity index (χ3v) is 5.21. The Hall–Kier alpha value is -2.61. The predicted octanol–water partition coefficient (Wildman–Crippen LogP) is 4.81. The molecule has 0 spiro atoms. The van der Waals surface area contributed by atoms with Gasteiger partial charge < -0.3 is 14.6 Å². The number of aromatic carboxylic acids is 1. The summed E-state index contributed by atoms with van der Waals surface area (Å²) < 4.78 is 11.6. The molecule has 1 aliphatic rings. The Morgan fingerprint density at radius 3 is 2.76 bits per heavy atom. The Labute approximate surface area is 181 Å². The van der Waals surface area contributed by atoms with Crippen molar-refractivity contribution in [3.8, 4) is 5.75 Å². The molecule has 2 heterocycles. The van der Waals surface area contributed by atoms with Gasteiger partial charge >= 0.3 is 5.97 Å². The molecule has 0 aliphatic carbocycles. The number of benzene rings is 2. The highest BCUT2D eigenvalue weighted by Gasteiger charge is 2.30. The number of fused-ring (bicyclic) bond motifs is 1. The van der Waals surface area contributed by atoms with Gasteiger partial charge in [-0.25, -0.2) is 9.78 Å². The number of para-hydroxylation sites is 1. The second-order valence-electron chi connectivity index (χ2n) is 6.36. The van der Waals surface area contributed by atoms with E-state index in [1.165, 1.54) is 6.07 Å². The van der Waals surface area contributed by atoms with E-state index in [-0.39, 0.29) is 18.4 Å². The quantitative estimate of drug-likeness (QED) is 0.561. The van der Waals surface area contributed by atoms with Crippen molar-refractivity contribution in [3.05, 3.63) is 64.3 Å². The molecule has 148 valence electrons. The number of halogens is 2. The molecule has 1 aromatic heterocycles. The summed E-state index contributed by atoms with van der Waals surface area (Å²) in [5, 5.41) is 10.9. The third-order valence-electron chi connectivity index (χ3n) is 4.38. The van der Waals surface area contributed by atoms with Crippen LogP contribution in [0.4, 0.5) is 5.69 Å². The third kappa shape index (κ3) is 4.07. The number of thiocarbonyl (C=S) groups is 1. The molecule has 0 amide bonds. The summed E-state index contributed by atoms with van der Waals surface area (Å²) in [4.78, 5) is 17.4. The summed E-state index contributed by atoms with van der Waals surface area (Å²) in [6, 6.07) is 14.1. The molecule has 1 saturated heterocycles. The topological polar surface area (TPSA) is 71.9 Å². The molecule has 4 rings (SSSR count). The van der Waals surface area contributed by atoms with Crippen LogP contribution in [0.3, 0.4) is 0 Å². The van der Waals surface area contributed by atoms with Gasteiger partial charge in [0.1, 0.15) is 12.4 Å². The lowest BCUT2D eigenvalue weighted by Gasteiger charge is -2.15. The fraction of sp³-hybridized carbons (Fsp3) is 0.150. The van der Waals surface area contributed by atoms with Crippen molar-refractivity contribution in [2.75, 3.05) is 18.1 Å². The van der Waals surface area contributed by atoms with Gasteiger partial charge in [-0.1, -0.05) is 41.4 Å². The van der Waals surface area contributed by atoms with E-state index in [4.69, 9.17) is 44.9 Å². The van der Waals surface area contributed by atoms with Crippen molar-refractivity contribution in [1.29, 1.82) is 0 Å². The van der Waals surface area contributed by atoms with Crippen molar-refractivity contribution in [2.45, 2.75) is 6.10 Å². The molecule has 9 heteroatoms. The number of carbonyl (C=O) groups is 1. The van der Waals surface area contributed by atoms with Crippen molar-refractivity contribution in [1.82, 2.24) is 4.98 Å². The Morgan fingerprint density at radius 2 is 2.03 bits per heavy atom. The van der Waals surface area contributed by atoms with E-state index in [0.29, 0.717) is 38.4 Å². The lowest BCUT2D eigenvalue weighted by Crippen LogP contribution is -2.26. The smallest absolute Gasteiger partial charge is 0.354 e. The standard InChI is InChI=1S/C20H14Cl2N2O4S/c21-11-6-14(22)18-15(7-11)23-16(19(25)26)8-17(18)27-10-13-9-24(20(29)28-13)12-4-2-1-3-5-12/h1-8,13H,9-10H2,(H,25,26). The number of rotatable bonds is 5. The number of nitrogens with zero attached hydrogens (tertiary/aromatic N) is 2. The average molecular weight is 449 g/mol. The number of ether oxygens (including phenoxy) is 2. The largest absolute Gasteiger partial charge is 0.489 e. The second-order valence-corrected chi connectivity index (χ2v) is 7.55. The molecule has 3 aromatic rings. The van der Waals surface area contributed by atoms with E-state index < -0.39 is 5.97 Å². The summed E-state index contributed by atoms with van der Waals surface area (Å²) in [6.45, 7) is 0.664. The number of hydrogen-bond acceptors (Lipinski definition) is 5. The summed E-state index contributed by atoms with van der Waals surface area (Å²) >= 11 is 17.7. The number of carboxylic acids is 1. The highest BCUT2D eigenvalue weighted by Crippen LogP contribution is 2.35. The molecule has 1 N–H and O–H groups in total. The maximum absolute atomic E-state index is 11.4. The fourth-order valence-corrected chi connectivity index (χ4v) is 3.98. The predicted molar refractivity (Wildman–Crippen MR) is 115 cm³/mol. The van der Waals surface area contributed by atoms with Crippen molar-refractivity contribution >= 4 is 63.2 Å². The molecule has 0 saturated carbocycles. The first-order valence-electron chi connectivity index (χ1n) is 8.61. The first-order valence-corrected chi connectivity index (χ1v) is 9.78. The van der Waals surface area contributed by atoms with Crippen LogP contribution >= 0.6 is 35.4 Å². The lowest BCUT2D eigenvalue weighted by atomic mass is 10.1. The zero-order valence-electron chi connectivity index (χ0n) is 14.8. The van der Waals surface area contributed by atoms with Crippen LogP contribution < -0.4 is 9.64 Å². The van der Waals surface area contributed by atoms with Gasteiger partial charge in [0.05, 0.1) is 22.5 Å². The summed E-state index contributed by atoms with van der Waals surface area (Å²) in [5.41, 5.74) is 1.10. The van der Waals surface area contributed by atoms with Gasteiger partial charge in [0.15, 0.2) is 11.8 Å². The van der Waals surface area contributed by atoms with Crippen LogP contribution in [0.5, 0.6) is 5.75 Å². The number of carboxylic acid groups (broad SMARTS) is 1. The van der Waals surface area contributed by atoms with Crippen LogP contribution in [0.1, 0.15) is 10.5 Å². The van der Waals surface area contributed by atoms with Crippen LogP contribution in [0.25, 0.3) is 10.9 Å². The van der Waals surface area contributed by atoms with Crippen LogP contribution in [0.2, 0.25) is 10.0 Å². The summed E-state index contributed by atoms with van der Waals surface area (Å²) in [6.07, 6.45) is -0.328. The first kappa shape index (κ1) is 19.7. The molecular formula is C20H14Cl2N2O4S. The first-order chi connectivity index (χ1) is 13.9. The fourth-order valence-electron chi connectivity index (χ4n) is 3.08. The van der Waals surface area contributed by atoms with Crippen LogP contribution in [0, 0.1) is 0 Å². The molecule has 1 unspecified atom stereocenters. The summed E-state index contributed by atoms with van der Waals surface area (Å²) in [7, 11) is 0. The molecule has 1 atom stereocenters. The Morgan fingerprint density at radius 1 is 1.28 bits per heavy atom. The second kappa shape index (κ2) is 8.02. The Balaban J connectivity index is 1.58. The number of hydrogen-bond donors (Lipinski definition) is 1. The van der Waals surface area contributed by atoms with E-state index in [9.17, 15) is 9.90 Å². The van der Waals surface area contributed by atoms with E-state index >= 15 is 0 Å². The minimum Gasteiger partial charge on any atom is -0.489 e. The van der Waals surface area contributed by atoms with Gasteiger partial charge in [-0.05, 0) is 36.5 Å². The molecule has 6 nitrogen and oxygen atoms in total. The van der Waals surface area contributed by atoms with Gasteiger partial charge in [-0.2, -0.15) is 0 Å². The zero-order valence-corrected chi connectivity index (χ0v) is 17.2. The van der Waals surface area contributed by atoms with Gasteiger partial charge in [0.2, 0.25) is 0 Å². The maximum atomic E-state index is 11.4. The number of aromatic nitrogens is 1. The van der Waals surface area contributed by atoms with Crippen LogP contribution in [0.15, 0.2) is 48.5 Å². The Kier molecular flexibility index (Phi) is 5.45. The molecule has 2 aromatic carbocycles. The van der Waals surface area contributed by atoms with Crippen molar-refractivity contribution < 1.29 is 19.4 Å².